The number of hydrogen-bond donors (Lipinski definition) is 1. The summed E-state index contributed by atoms with van der Waals surface area (Å²) in [5.41, 5.74) is 3.14. The molecule has 0 aromatic heterocycles. The average Bonchev–Trinajstić information content (AvgIpc) is 3.20. The highest BCUT2D eigenvalue weighted by molar-refractivity contribution is 5.89. The predicted octanol–water partition coefficient (Wildman–Crippen LogP) is 2.70. The van der Waals surface area contributed by atoms with E-state index in [1.54, 1.807) is 20.5 Å². The second-order valence-electron chi connectivity index (χ2n) is 10.3. The molecule has 1 aromatic rings. The minimum Gasteiger partial charge on any atom is -0.497 e. The first-order valence-electron chi connectivity index (χ1n) is 12.3. The van der Waals surface area contributed by atoms with E-state index in [-0.39, 0.29) is 23.9 Å². The van der Waals surface area contributed by atoms with Crippen LogP contribution in [0.5, 0.6) is 11.5 Å². The number of likely N-dealkylation sites (N-methyl/N-ethyl adjacent to an activating group) is 1. The van der Waals surface area contributed by atoms with Gasteiger partial charge >= 0.3 is 5.97 Å². The molecule has 34 heavy (non-hydrogen) atoms. The Morgan fingerprint density at radius 2 is 1.97 bits per heavy atom. The highest BCUT2D eigenvalue weighted by atomic mass is 16.5. The second-order valence-corrected chi connectivity index (χ2v) is 10.3. The Bertz CT molecular complexity index is 964. The third-order valence-electron chi connectivity index (χ3n) is 8.20. The van der Waals surface area contributed by atoms with E-state index in [9.17, 15) is 4.79 Å². The summed E-state index contributed by atoms with van der Waals surface area (Å²) in [7, 11) is 7.31. The van der Waals surface area contributed by atoms with Gasteiger partial charge in [0.05, 0.1) is 32.2 Å². The zero-order valence-corrected chi connectivity index (χ0v) is 20.9. The molecule has 186 valence electrons. The second kappa shape index (κ2) is 9.30. The van der Waals surface area contributed by atoms with E-state index >= 15 is 0 Å². The maximum absolute atomic E-state index is 13.0. The molecule has 8 nitrogen and oxygen atoms in total. The Morgan fingerprint density at radius 3 is 2.71 bits per heavy atom. The van der Waals surface area contributed by atoms with Crippen molar-refractivity contribution in [2.75, 3.05) is 59.9 Å². The van der Waals surface area contributed by atoms with E-state index in [0.29, 0.717) is 36.7 Å². The van der Waals surface area contributed by atoms with Crippen LogP contribution in [0.1, 0.15) is 31.2 Å². The molecule has 0 aliphatic carbocycles. The van der Waals surface area contributed by atoms with Gasteiger partial charge < -0.3 is 29.2 Å². The number of nitrogens with zero attached hydrogens (tertiary/aromatic N) is 2. The Hall–Kier alpha value is -2.45. The molecule has 8 heteroatoms. The van der Waals surface area contributed by atoms with Crippen molar-refractivity contribution in [3.63, 3.8) is 0 Å². The van der Waals surface area contributed by atoms with Crippen LogP contribution in [0.3, 0.4) is 0 Å². The minimum atomic E-state index is -0.235. The quantitative estimate of drug-likeness (QED) is 0.635. The van der Waals surface area contributed by atoms with E-state index < -0.39 is 0 Å². The first-order valence-corrected chi connectivity index (χ1v) is 12.3. The molecule has 6 atom stereocenters. The van der Waals surface area contributed by atoms with Crippen LogP contribution in [0.4, 0.5) is 5.69 Å². The van der Waals surface area contributed by atoms with Crippen LogP contribution in [-0.4, -0.2) is 88.5 Å². The van der Waals surface area contributed by atoms with Crippen molar-refractivity contribution in [1.82, 2.24) is 9.80 Å². The highest BCUT2D eigenvalue weighted by Gasteiger charge is 2.51. The van der Waals surface area contributed by atoms with Gasteiger partial charge in [-0.2, -0.15) is 0 Å². The number of hydrogen-bond acceptors (Lipinski definition) is 8. The Labute approximate surface area is 202 Å². The van der Waals surface area contributed by atoms with Crippen molar-refractivity contribution in [3.05, 3.63) is 29.5 Å². The molecular weight excluding hydrogens is 434 g/mol. The summed E-state index contributed by atoms with van der Waals surface area (Å²) in [5, 5.41) is 3.81. The van der Waals surface area contributed by atoms with Crippen molar-refractivity contribution in [2.24, 2.45) is 11.8 Å². The topological polar surface area (TPSA) is 72.5 Å². The fraction of sp³-hybridized carbons (Fsp3) is 0.654. The first kappa shape index (κ1) is 23.3. The summed E-state index contributed by atoms with van der Waals surface area (Å²) in [4.78, 5) is 17.6. The number of benzene rings is 1. The van der Waals surface area contributed by atoms with Gasteiger partial charge in [-0.15, -0.1) is 0 Å². The van der Waals surface area contributed by atoms with Crippen LogP contribution in [0.25, 0.3) is 0 Å². The lowest BCUT2D eigenvalue weighted by Gasteiger charge is -2.52. The van der Waals surface area contributed by atoms with E-state index in [4.69, 9.17) is 18.9 Å². The van der Waals surface area contributed by atoms with Gasteiger partial charge in [-0.05, 0) is 52.0 Å². The number of fused-ring (bicyclic) bond motifs is 6. The van der Waals surface area contributed by atoms with Gasteiger partial charge in [0, 0.05) is 54.7 Å². The van der Waals surface area contributed by atoms with Gasteiger partial charge in [-0.1, -0.05) is 0 Å². The number of esters is 1. The zero-order valence-electron chi connectivity index (χ0n) is 20.9. The maximum atomic E-state index is 13.0. The van der Waals surface area contributed by atoms with Crippen molar-refractivity contribution in [1.29, 1.82) is 0 Å². The number of carbonyl (C=O) groups excluding carboxylic acids is 1. The number of ether oxygens (including phenoxy) is 4. The van der Waals surface area contributed by atoms with Crippen molar-refractivity contribution >= 4 is 11.7 Å². The summed E-state index contributed by atoms with van der Waals surface area (Å²) in [6, 6.07) is 4.84. The number of anilines is 1. The fourth-order valence-corrected chi connectivity index (χ4v) is 6.36. The molecule has 2 fully saturated rings. The van der Waals surface area contributed by atoms with Crippen molar-refractivity contribution in [3.8, 4) is 11.5 Å². The summed E-state index contributed by atoms with van der Waals surface area (Å²) in [6.45, 7) is 5.20. The number of nitrogens with one attached hydrogen (secondary N) is 1. The van der Waals surface area contributed by atoms with Gasteiger partial charge in [-0.3, -0.25) is 4.90 Å². The molecule has 0 spiro atoms. The molecule has 1 aromatic carbocycles. The van der Waals surface area contributed by atoms with E-state index in [0.717, 1.165) is 43.1 Å². The van der Waals surface area contributed by atoms with Crippen LogP contribution in [0.2, 0.25) is 0 Å². The third kappa shape index (κ3) is 4.01. The van der Waals surface area contributed by atoms with Gasteiger partial charge in [0.25, 0.3) is 0 Å². The molecule has 4 aliphatic heterocycles. The van der Waals surface area contributed by atoms with Crippen molar-refractivity contribution < 1.29 is 23.7 Å². The van der Waals surface area contributed by atoms with Crippen LogP contribution in [0, 0.1) is 11.8 Å². The Balaban J connectivity index is 1.37. The molecule has 0 saturated carbocycles. The molecule has 6 unspecified atom stereocenters. The minimum absolute atomic E-state index is 0.0873. The van der Waals surface area contributed by atoms with Crippen LogP contribution in [-0.2, 0) is 14.3 Å². The number of rotatable bonds is 6. The molecule has 0 amide bonds. The Kier molecular flexibility index (Phi) is 6.37. The van der Waals surface area contributed by atoms with Crippen LogP contribution in [0.15, 0.2) is 24.0 Å². The van der Waals surface area contributed by atoms with Gasteiger partial charge in [0.15, 0.2) is 11.5 Å². The zero-order chi connectivity index (χ0) is 24.0. The fourth-order valence-electron chi connectivity index (χ4n) is 6.36. The molecule has 0 bridgehead atoms. The molecule has 5 rings (SSSR count). The number of piperidine rings is 2. The molecule has 0 radical (unpaired) electrons. The Morgan fingerprint density at radius 1 is 1.21 bits per heavy atom. The smallest absolute Gasteiger partial charge is 0.337 e. The average molecular weight is 472 g/mol. The monoisotopic (exact) mass is 471 g/mol. The predicted molar refractivity (Wildman–Crippen MR) is 129 cm³/mol. The first-order chi connectivity index (χ1) is 16.4. The van der Waals surface area contributed by atoms with Crippen molar-refractivity contribution in [2.45, 2.75) is 43.9 Å². The third-order valence-corrected chi connectivity index (χ3v) is 8.20. The lowest BCUT2D eigenvalue weighted by atomic mass is 9.69. The van der Waals surface area contributed by atoms with E-state index in [1.165, 1.54) is 5.56 Å². The summed E-state index contributed by atoms with van der Waals surface area (Å²) < 4.78 is 22.7. The molecule has 4 heterocycles. The van der Waals surface area contributed by atoms with Crippen LogP contribution >= 0.6 is 0 Å². The van der Waals surface area contributed by atoms with Crippen LogP contribution < -0.4 is 14.8 Å². The van der Waals surface area contributed by atoms with E-state index in [2.05, 4.69) is 29.3 Å². The largest absolute Gasteiger partial charge is 0.497 e. The highest BCUT2D eigenvalue weighted by Crippen LogP contribution is 2.51. The lowest BCUT2D eigenvalue weighted by molar-refractivity contribution is -0.142. The van der Waals surface area contributed by atoms with Gasteiger partial charge in [0.1, 0.15) is 6.61 Å². The van der Waals surface area contributed by atoms with E-state index in [1.807, 2.05) is 19.0 Å². The SMILES string of the molecule is COc1cc2c(cc1OC)C1CCN3CC4C(C)OC=C(C(=O)OCCN(C)C)C4CC3C1N2. The van der Waals surface area contributed by atoms with Gasteiger partial charge in [-0.25, -0.2) is 4.79 Å². The lowest BCUT2D eigenvalue weighted by Crippen LogP contribution is -2.60. The summed E-state index contributed by atoms with van der Waals surface area (Å²) >= 11 is 0. The maximum Gasteiger partial charge on any atom is 0.337 e. The summed E-state index contributed by atoms with van der Waals surface area (Å²) in [5.74, 6) is 2.14. The molecular formula is C26H37N3O5. The number of methoxy groups -OCH3 is 2. The number of carbonyl (C=O) groups is 1. The molecule has 2 saturated heterocycles. The molecule has 1 N–H and O–H groups in total. The van der Waals surface area contributed by atoms with Gasteiger partial charge in [0.2, 0.25) is 0 Å². The summed E-state index contributed by atoms with van der Waals surface area (Å²) in [6.07, 6.45) is 3.78. The standard InChI is InChI=1S/C26H37N3O5/c1-15-19-13-29-7-6-16-18-11-23(31-4)24(32-5)12-21(18)27-25(16)22(29)10-17(19)20(14-34-15)26(30)33-9-8-28(2)3/h11-12,14-17,19,22,25,27H,6-10,13H2,1-5H3. The normalized spacial score (nSPS) is 31.8. The molecule has 4 aliphatic rings.